The molecule has 0 fully saturated rings. The van der Waals surface area contributed by atoms with Crippen LogP contribution in [0, 0.1) is 6.92 Å². The third kappa shape index (κ3) is 8.45. The Kier molecular flexibility index (Phi) is 11.4. The van der Waals surface area contributed by atoms with Gasteiger partial charge in [0.05, 0.1) is 5.69 Å². The first-order chi connectivity index (χ1) is 31.6. The van der Waals surface area contributed by atoms with E-state index in [0.717, 1.165) is 34.0 Å². The third-order valence-corrected chi connectivity index (χ3v) is 14.0. The Hall–Kier alpha value is -6.52. The van der Waals surface area contributed by atoms with Crippen LogP contribution in [0.5, 0.6) is 0 Å². The second kappa shape index (κ2) is 16.7. The van der Waals surface area contributed by atoms with Crippen molar-refractivity contribution < 1.29 is 0 Å². The number of hydrogen-bond acceptors (Lipinski definition) is 3. The van der Waals surface area contributed by atoms with Crippen LogP contribution in [-0.2, 0) is 21.7 Å². The summed E-state index contributed by atoms with van der Waals surface area (Å²) in [5.41, 5.74) is 21.7. The van der Waals surface area contributed by atoms with Gasteiger partial charge in [-0.15, -0.1) is 0 Å². The molecule has 0 N–H and O–H groups in total. The van der Waals surface area contributed by atoms with Gasteiger partial charge in [-0.05, 0) is 151 Å². The molecule has 7 aromatic rings. The van der Waals surface area contributed by atoms with E-state index in [1.54, 1.807) is 0 Å². The highest BCUT2D eigenvalue weighted by atomic mass is 15.2. The van der Waals surface area contributed by atoms with Crippen LogP contribution in [0.1, 0.15) is 116 Å². The summed E-state index contributed by atoms with van der Waals surface area (Å²) < 4.78 is 0. The lowest BCUT2D eigenvalue weighted by Gasteiger charge is -2.45. The second-order valence-electron chi connectivity index (χ2n) is 22.9. The van der Waals surface area contributed by atoms with Gasteiger partial charge in [-0.25, -0.2) is 0 Å². The first kappa shape index (κ1) is 45.6. The van der Waals surface area contributed by atoms with Crippen molar-refractivity contribution in [2.45, 2.75) is 112 Å². The van der Waals surface area contributed by atoms with Crippen molar-refractivity contribution in [2.75, 3.05) is 14.7 Å². The molecule has 2 heterocycles. The lowest BCUT2D eigenvalue weighted by atomic mass is 9.33. The fourth-order valence-corrected chi connectivity index (χ4v) is 9.98. The summed E-state index contributed by atoms with van der Waals surface area (Å²) in [7, 11) is 0. The van der Waals surface area contributed by atoms with Gasteiger partial charge in [0.1, 0.15) is 0 Å². The summed E-state index contributed by atoms with van der Waals surface area (Å²) in [6, 6.07) is 57.5. The number of fused-ring (bicyclic) bond motifs is 4. The highest BCUT2D eigenvalue weighted by Crippen LogP contribution is 2.48. The molecule has 0 atom stereocenters. The molecule has 0 amide bonds. The molecular weight excluding hydrogens is 810 g/mol. The third-order valence-electron chi connectivity index (χ3n) is 14.0. The van der Waals surface area contributed by atoms with Gasteiger partial charge in [0.15, 0.2) is 0 Å². The van der Waals surface area contributed by atoms with Gasteiger partial charge < -0.3 is 14.7 Å². The summed E-state index contributed by atoms with van der Waals surface area (Å²) in [5, 5.41) is 0. The number of allylic oxidation sites excluding steroid dienone is 1. The van der Waals surface area contributed by atoms with Crippen LogP contribution in [-0.4, -0.2) is 6.71 Å². The van der Waals surface area contributed by atoms with Crippen molar-refractivity contribution in [1.82, 2.24) is 0 Å². The van der Waals surface area contributed by atoms with E-state index in [1.165, 1.54) is 67.0 Å². The summed E-state index contributed by atoms with van der Waals surface area (Å²) in [4.78, 5) is 7.49. The largest absolute Gasteiger partial charge is 0.311 e. The van der Waals surface area contributed by atoms with E-state index in [1.807, 2.05) is 6.08 Å². The molecule has 7 aromatic carbocycles. The van der Waals surface area contributed by atoms with E-state index < -0.39 is 0 Å². The SMILES string of the molecule is C=C/C(=C\c1ccccc1C)N(c1ccccc1)c1cc2c3c(c1)N(c1ccc(C(C)(C)C)cc1)c1ccc(C(C)(C)C)cc1B3c1cc(C(C)(C)C)ccc1N2c1ccc(C(C)(C)C)cc1. The lowest BCUT2D eigenvalue weighted by Crippen LogP contribution is -2.61. The van der Waals surface area contributed by atoms with Crippen molar-refractivity contribution in [2.24, 2.45) is 0 Å². The minimum absolute atomic E-state index is 0.0162. The van der Waals surface area contributed by atoms with Crippen LogP contribution in [0.4, 0.5) is 45.5 Å². The fourth-order valence-electron chi connectivity index (χ4n) is 9.98. The number of para-hydroxylation sites is 1. The number of aryl methyl sites for hydroxylation is 1. The van der Waals surface area contributed by atoms with Crippen molar-refractivity contribution in [3.8, 4) is 0 Å². The summed E-state index contributed by atoms with van der Waals surface area (Å²) >= 11 is 0. The van der Waals surface area contributed by atoms with E-state index in [9.17, 15) is 0 Å². The van der Waals surface area contributed by atoms with Crippen LogP contribution in [0.15, 0.2) is 170 Å². The summed E-state index contributed by atoms with van der Waals surface area (Å²) in [6.07, 6.45) is 4.29. The number of rotatable bonds is 7. The Morgan fingerprint density at radius 2 is 0.881 bits per heavy atom. The molecule has 9 rings (SSSR count). The molecule has 2 aliphatic rings. The Balaban J connectivity index is 1.43. The van der Waals surface area contributed by atoms with E-state index >= 15 is 0 Å². The molecule has 338 valence electrons. The Bertz CT molecular complexity index is 2870. The van der Waals surface area contributed by atoms with Crippen LogP contribution < -0.4 is 31.1 Å². The summed E-state index contributed by atoms with van der Waals surface area (Å²) in [6.45, 7) is 34.4. The molecule has 0 spiro atoms. The minimum Gasteiger partial charge on any atom is -0.311 e. The first-order valence-electron chi connectivity index (χ1n) is 24.2. The molecule has 2 aliphatic heterocycles. The van der Waals surface area contributed by atoms with Crippen LogP contribution >= 0.6 is 0 Å². The molecule has 0 unspecified atom stereocenters. The van der Waals surface area contributed by atoms with E-state index in [2.05, 4.69) is 269 Å². The van der Waals surface area contributed by atoms with E-state index in [-0.39, 0.29) is 28.4 Å². The predicted molar refractivity (Wildman–Crippen MR) is 293 cm³/mol. The molecule has 0 aliphatic carbocycles. The van der Waals surface area contributed by atoms with Crippen LogP contribution in [0.25, 0.3) is 6.08 Å². The average Bonchev–Trinajstić information content (AvgIpc) is 3.28. The number of benzene rings is 7. The maximum Gasteiger partial charge on any atom is 0.252 e. The normalized spacial score (nSPS) is 13.8. The standard InChI is InChI=1S/C63H68BN3/c1-15-48(37-43-22-20-19-21-42(43)2)65(49-23-17-16-18-24-49)52-40-57-59-58(41-52)67(51-33-27-45(28-34-51)61(6,7)8)56-36-30-47(63(12,13)14)39-54(56)64(59)53-38-46(62(9,10)11)29-35-55(53)66(57)50-31-25-44(26-32-50)60(3,4)5/h15-41H,1H2,2-14H3/b48-37+. The molecule has 0 saturated heterocycles. The summed E-state index contributed by atoms with van der Waals surface area (Å²) in [5.74, 6) is 0. The average molecular weight is 878 g/mol. The first-order valence-corrected chi connectivity index (χ1v) is 24.2. The fraction of sp³-hybridized carbons (Fsp3) is 0.270. The Morgan fingerprint density at radius 3 is 1.30 bits per heavy atom. The van der Waals surface area contributed by atoms with E-state index in [4.69, 9.17) is 0 Å². The topological polar surface area (TPSA) is 9.72 Å². The van der Waals surface area contributed by atoms with Crippen molar-refractivity contribution in [3.05, 3.63) is 203 Å². The van der Waals surface area contributed by atoms with Crippen molar-refractivity contribution in [3.63, 3.8) is 0 Å². The van der Waals surface area contributed by atoms with Gasteiger partial charge in [-0.1, -0.05) is 181 Å². The van der Waals surface area contributed by atoms with Crippen LogP contribution in [0.2, 0.25) is 0 Å². The van der Waals surface area contributed by atoms with Gasteiger partial charge in [0.25, 0.3) is 6.71 Å². The van der Waals surface area contributed by atoms with Crippen LogP contribution in [0.3, 0.4) is 0 Å². The van der Waals surface area contributed by atoms with Gasteiger partial charge >= 0.3 is 0 Å². The lowest BCUT2D eigenvalue weighted by molar-refractivity contribution is 0.590. The molecule has 0 saturated carbocycles. The smallest absolute Gasteiger partial charge is 0.252 e. The minimum atomic E-state index is -0.0481. The number of nitrogens with zero attached hydrogens (tertiary/aromatic N) is 3. The zero-order valence-corrected chi connectivity index (χ0v) is 42.2. The quantitative estimate of drug-likeness (QED) is 0.117. The monoisotopic (exact) mass is 878 g/mol. The molecule has 0 bridgehead atoms. The molecular formula is C63H68BN3. The van der Waals surface area contributed by atoms with Crippen molar-refractivity contribution >= 4 is 74.7 Å². The van der Waals surface area contributed by atoms with Gasteiger partial charge in [0, 0.05) is 45.5 Å². The molecule has 67 heavy (non-hydrogen) atoms. The maximum atomic E-state index is 4.48. The zero-order valence-electron chi connectivity index (χ0n) is 42.2. The van der Waals surface area contributed by atoms with Gasteiger partial charge in [0.2, 0.25) is 0 Å². The molecule has 3 nitrogen and oxygen atoms in total. The Labute approximate surface area is 402 Å². The molecule has 0 radical (unpaired) electrons. The predicted octanol–water partition coefficient (Wildman–Crippen LogP) is 15.6. The highest BCUT2D eigenvalue weighted by molar-refractivity contribution is 7.00. The second-order valence-corrected chi connectivity index (χ2v) is 22.9. The number of anilines is 8. The van der Waals surface area contributed by atoms with Gasteiger partial charge in [-0.3, -0.25) is 0 Å². The highest BCUT2D eigenvalue weighted by Gasteiger charge is 2.45. The Morgan fingerprint density at radius 1 is 0.463 bits per heavy atom. The molecule has 0 aromatic heterocycles. The number of hydrogen-bond donors (Lipinski definition) is 0. The molecule has 4 heteroatoms. The zero-order chi connectivity index (χ0) is 47.8. The maximum absolute atomic E-state index is 4.48. The van der Waals surface area contributed by atoms with E-state index in [0.29, 0.717) is 0 Å². The van der Waals surface area contributed by atoms with Crippen molar-refractivity contribution in [1.29, 1.82) is 0 Å². The van der Waals surface area contributed by atoms with Gasteiger partial charge in [-0.2, -0.15) is 0 Å².